The summed E-state index contributed by atoms with van der Waals surface area (Å²) < 4.78 is 79.6. The van der Waals surface area contributed by atoms with Crippen molar-refractivity contribution in [2.45, 2.75) is 55.6 Å². The molecule has 0 radical (unpaired) electrons. The summed E-state index contributed by atoms with van der Waals surface area (Å²) in [6, 6.07) is 2.19. The van der Waals surface area contributed by atoms with E-state index in [4.69, 9.17) is 11.6 Å². The van der Waals surface area contributed by atoms with Crippen LogP contribution in [0.5, 0.6) is 0 Å². The van der Waals surface area contributed by atoms with Crippen LogP contribution in [0.25, 0.3) is 0 Å². The first kappa shape index (κ1) is 23.3. The largest absolute Gasteiger partial charge is 0.393 e. The van der Waals surface area contributed by atoms with Gasteiger partial charge in [0.15, 0.2) is 0 Å². The van der Waals surface area contributed by atoms with Crippen LogP contribution in [0, 0.1) is 17.7 Å². The fourth-order valence-electron chi connectivity index (χ4n) is 4.14. The van der Waals surface area contributed by atoms with Crippen LogP contribution in [0.1, 0.15) is 38.5 Å². The van der Waals surface area contributed by atoms with Crippen LogP contribution in [-0.4, -0.2) is 43.9 Å². The summed E-state index contributed by atoms with van der Waals surface area (Å²) in [4.78, 5) is 12.4. The molecule has 168 valence electrons. The summed E-state index contributed by atoms with van der Waals surface area (Å²) in [5.74, 6) is -3.29. The van der Waals surface area contributed by atoms with E-state index in [-0.39, 0.29) is 48.7 Å². The summed E-state index contributed by atoms with van der Waals surface area (Å²) in [5, 5.41) is 2.25. The highest BCUT2D eigenvalue weighted by atomic mass is 35.5. The molecule has 0 bridgehead atoms. The molecule has 1 saturated heterocycles. The molecule has 3 rings (SSSR count). The van der Waals surface area contributed by atoms with Gasteiger partial charge in [0, 0.05) is 25.0 Å². The maximum absolute atomic E-state index is 13.3. The lowest BCUT2D eigenvalue weighted by molar-refractivity contribution is -0.189. The first-order chi connectivity index (χ1) is 14.0. The Morgan fingerprint density at radius 1 is 1.10 bits per heavy atom. The van der Waals surface area contributed by atoms with E-state index < -0.39 is 45.8 Å². The predicted molar refractivity (Wildman–Crippen MR) is 103 cm³/mol. The van der Waals surface area contributed by atoms with Crippen molar-refractivity contribution < 1.29 is 30.8 Å². The highest BCUT2D eigenvalue weighted by Gasteiger charge is 2.46. The van der Waals surface area contributed by atoms with Crippen LogP contribution < -0.4 is 5.32 Å². The molecular weight excluding hydrogens is 448 g/mol. The van der Waals surface area contributed by atoms with Gasteiger partial charge in [-0.2, -0.15) is 17.5 Å². The summed E-state index contributed by atoms with van der Waals surface area (Å²) in [7, 11) is -3.90. The fraction of sp³-hybridized carbons (Fsp3) is 0.632. The Morgan fingerprint density at radius 2 is 1.73 bits per heavy atom. The Morgan fingerprint density at radius 3 is 2.33 bits per heavy atom. The van der Waals surface area contributed by atoms with Crippen molar-refractivity contribution in [2.24, 2.45) is 11.8 Å². The van der Waals surface area contributed by atoms with Crippen LogP contribution in [-0.2, 0) is 14.8 Å². The van der Waals surface area contributed by atoms with E-state index in [1.54, 1.807) is 0 Å². The number of nitrogens with zero attached hydrogens (tertiary/aromatic N) is 1. The molecule has 2 atom stereocenters. The molecule has 1 amide bonds. The van der Waals surface area contributed by atoms with Crippen LogP contribution >= 0.6 is 11.6 Å². The number of rotatable bonds is 4. The number of sulfonamides is 1. The number of hydrogen-bond acceptors (Lipinski definition) is 3. The molecule has 2 unspecified atom stereocenters. The molecule has 0 aromatic heterocycles. The van der Waals surface area contributed by atoms with Gasteiger partial charge in [-0.05, 0) is 43.9 Å². The monoisotopic (exact) mass is 470 g/mol. The lowest BCUT2D eigenvalue weighted by atomic mass is 9.83. The average Bonchev–Trinajstić information content (AvgIpc) is 2.69. The molecule has 2 aliphatic rings. The van der Waals surface area contributed by atoms with E-state index in [9.17, 15) is 30.8 Å². The first-order valence-corrected chi connectivity index (χ1v) is 11.6. The van der Waals surface area contributed by atoms with Crippen molar-refractivity contribution in [3.05, 3.63) is 29.0 Å². The molecule has 1 aromatic rings. The Labute approximate surface area is 177 Å². The Kier molecular flexibility index (Phi) is 6.98. The Hall–Kier alpha value is -1.39. The molecule has 0 spiro atoms. The standard InChI is InChI=1S/C19H23ClF4N2O3S/c20-15-11-13(5-6-16(15)21)30(28,29)26-9-7-12(8-10-26)18(27)25-17-4-2-1-3-14(17)19(22,23)24/h5-6,11-12,14,17H,1-4,7-10H2,(H,25,27). The molecule has 5 nitrogen and oxygen atoms in total. The van der Waals surface area contributed by atoms with Crippen molar-refractivity contribution in [3.63, 3.8) is 0 Å². The molecular formula is C19H23ClF4N2O3S. The van der Waals surface area contributed by atoms with Gasteiger partial charge in [-0.25, -0.2) is 12.8 Å². The zero-order chi connectivity index (χ0) is 22.1. The number of halogens is 5. The van der Waals surface area contributed by atoms with Crippen molar-refractivity contribution in [3.8, 4) is 0 Å². The molecule has 1 aliphatic carbocycles. The number of piperidine rings is 1. The van der Waals surface area contributed by atoms with Gasteiger partial charge in [-0.15, -0.1) is 0 Å². The number of hydrogen-bond donors (Lipinski definition) is 1. The summed E-state index contributed by atoms with van der Waals surface area (Å²) in [6.07, 6.45) is -2.55. The van der Waals surface area contributed by atoms with Gasteiger partial charge in [0.1, 0.15) is 5.82 Å². The zero-order valence-electron chi connectivity index (χ0n) is 16.1. The summed E-state index contributed by atoms with van der Waals surface area (Å²) in [5.41, 5.74) is 0. The normalized spacial score (nSPS) is 24.6. The summed E-state index contributed by atoms with van der Waals surface area (Å²) >= 11 is 5.67. The highest BCUT2D eigenvalue weighted by molar-refractivity contribution is 7.89. The lowest BCUT2D eigenvalue weighted by Gasteiger charge is -2.36. The average molecular weight is 471 g/mol. The number of amides is 1. The second kappa shape index (κ2) is 9.00. The number of carbonyl (C=O) groups excluding carboxylic acids is 1. The molecule has 30 heavy (non-hydrogen) atoms. The quantitative estimate of drug-likeness (QED) is 0.673. The molecule has 1 heterocycles. The number of benzene rings is 1. The Balaban J connectivity index is 1.60. The van der Waals surface area contributed by atoms with Crippen molar-refractivity contribution in [2.75, 3.05) is 13.1 Å². The van der Waals surface area contributed by atoms with Gasteiger partial charge in [0.25, 0.3) is 0 Å². The highest BCUT2D eigenvalue weighted by Crippen LogP contribution is 2.38. The zero-order valence-corrected chi connectivity index (χ0v) is 17.7. The van der Waals surface area contributed by atoms with Gasteiger partial charge >= 0.3 is 6.18 Å². The van der Waals surface area contributed by atoms with Gasteiger partial charge in [0.2, 0.25) is 15.9 Å². The number of carbonyl (C=O) groups is 1. The van der Waals surface area contributed by atoms with Gasteiger partial charge < -0.3 is 5.32 Å². The van der Waals surface area contributed by atoms with Gasteiger partial charge in [-0.3, -0.25) is 4.79 Å². The third-order valence-electron chi connectivity index (χ3n) is 5.87. The number of alkyl halides is 3. The lowest BCUT2D eigenvalue weighted by Crippen LogP contribution is -2.51. The summed E-state index contributed by atoms with van der Waals surface area (Å²) in [6.45, 7) is 0.0889. The minimum absolute atomic E-state index is 0.00532. The van der Waals surface area contributed by atoms with Gasteiger partial charge in [0.05, 0.1) is 15.8 Å². The van der Waals surface area contributed by atoms with E-state index in [2.05, 4.69) is 5.32 Å². The van der Waals surface area contributed by atoms with Crippen LogP contribution in [0.2, 0.25) is 5.02 Å². The molecule has 1 saturated carbocycles. The van der Waals surface area contributed by atoms with Crippen molar-refractivity contribution in [1.82, 2.24) is 9.62 Å². The fourth-order valence-corrected chi connectivity index (χ4v) is 5.88. The first-order valence-electron chi connectivity index (χ1n) is 9.82. The third-order valence-corrected chi connectivity index (χ3v) is 8.05. The van der Waals surface area contributed by atoms with Crippen LogP contribution in [0.3, 0.4) is 0 Å². The van der Waals surface area contributed by atoms with Crippen molar-refractivity contribution >= 4 is 27.5 Å². The second-order valence-electron chi connectivity index (χ2n) is 7.80. The van der Waals surface area contributed by atoms with E-state index in [1.807, 2.05) is 0 Å². The predicted octanol–water partition coefficient (Wildman–Crippen LogP) is 4.12. The number of nitrogens with one attached hydrogen (secondary N) is 1. The van der Waals surface area contributed by atoms with E-state index in [1.165, 1.54) is 4.31 Å². The minimum atomic E-state index is -4.35. The van der Waals surface area contributed by atoms with Crippen LogP contribution in [0.4, 0.5) is 17.6 Å². The molecule has 2 fully saturated rings. The molecule has 1 aromatic carbocycles. The molecule has 1 N–H and O–H groups in total. The maximum Gasteiger partial charge on any atom is 0.393 e. The smallest absolute Gasteiger partial charge is 0.353 e. The third kappa shape index (κ3) is 5.08. The van der Waals surface area contributed by atoms with Gasteiger partial charge in [-0.1, -0.05) is 24.4 Å². The van der Waals surface area contributed by atoms with Crippen LogP contribution in [0.15, 0.2) is 23.1 Å². The topological polar surface area (TPSA) is 66.5 Å². The minimum Gasteiger partial charge on any atom is -0.353 e. The molecule has 1 aliphatic heterocycles. The maximum atomic E-state index is 13.3. The SMILES string of the molecule is O=C(NC1CCCCC1C(F)(F)F)C1CCN(S(=O)(=O)c2ccc(F)c(Cl)c2)CC1. The van der Waals surface area contributed by atoms with E-state index in [0.717, 1.165) is 18.2 Å². The second-order valence-corrected chi connectivity index (χ2v) is 10.1. The van der Waals surface area contributed by atoms with Crippen molar-refractivity contribution in [1.29, 1.82) is 0 Å². The van der Waals surface area contributed by atoms with E-state index >= 15 is 0 Å². The van der Waals surface area contributed by atoms with E-state index in [0.29, 0.717) is 12.8 Å². The Bertz CT molecular complexity index is 886. The molecule has 11 heteroatoms.